The summed E-state index contributed by atoms with van der Waals surface area (Å²) in [6.45, 7) is 5.08. The summed E-state index contributed by atoms with van der Waals surface area (Å²) < 4.78 is 17.3. The van der Waals surface area contributed by atoms with Crippen LogP contribution in [0.1, 0.15) is 39.4 Å². The van der Waals surface area contributed by atoms with E-state index in [4.69, 9.17) is 14.2 Å². The normalized spacial score (nSPS) is 12.0. The van der Waals surface area contributed by atoms with E-state index in [1.54, 1.807) is 32.0 Å². The van der Waals surface area contributed by atoms with E-state index >= 15 is 0 Å². The van der Waals surface area contributed by atoms with E-state index in [0.29, 0.717) is 32.8 Å². The van der Waals surface area contributed by atoms with Crippen LogP contribution in [0, 0.1) is 6.92 Å². The van der Waals surface area contributed by atoms with Crippen molar-refractivity contribution in [1.29, 1.82) is 0 Å². The number of hydrogen-bond donors (Lipinski definition) is 1. The summed E-state index contributed by atoms with van der Waals surface area (Å²) in [4.78, 5) is 37.4. The smallest absolute Gasteiger partial charge is 0.341 e. The molecule has 0 unspecified atom stereocenters. The molecule has 0 bridgehead atoms. The molecule has 1 aromatic carbocycles. The number of benzene rings is 1. The van der Waals surface area contributed by atoms with E-state index < -0.39 is 5.97 Å². The molecule has 1 aliphatic rings. The highest BCUT2D eigenvalue weighted by Crippen LogP contribution is 2.35. The Morgan fingerprint density at radius 1 is 1.27 bits per heavy atom. The molecule has 11 nitrogen and oxygen atoms in total. The summed E-state index contributed by atoms with van der Waals surface area (Å²) in [7, 11) is 0. The van der Waals surface area contributed by atoms with Gasteiger partial charge in [0.15, 0.2) is 17.3 Å². The van der Waals surface area contributed by atoms with Crippen molar-refractivity contribution in [3.05, 3.63) is 34.2 Å². The van der Waals surface area contributed by atoms with Crippen LogP contribution in [-0.4, -0.2) is 57.0 Å². The molecule has 0 saturated heterocycles. The first kappa shape index (κ1) is 22.7. The second-order valence-electron chi connectivity index (χ2n) is 6.78. The van der Waals surface area contributed by atoms with Crippen molar-refractivity contribution in [3.63, 3.8) is 0 Å². The SMILES string of the molecule is CCOC(=O)c1c(NC(=O)CSc2nnnn2-c2ccc3c(c2)OCO3)sc(C(C)=O)c1C. The first-order valence-electron chi connectivity index (χ1n) is 9.81. The quantitative estimate of drug-likeness (QED) is 0.286. The van der Waals surface area contributed by atoms with E-state index in [2.05, 4.69) is 20.8 Å². The van der Waals surface area contributed by atoms with E-state index in [9.17, 15) is 14.4 Å². The van der Waals surface area contributed by atoms with Crippen LogP contribution in [0.2, 0.25) is 0 Å². The Balaban J connectivity index is 1.48. The highest BCUT2D eigenvalue weighted by Gasteiger charge is 2.25. The Kier molecular flexibility index (Phi) is 6.60. The predicted octanol–water partition coefficient (Wildman–Crippen LogP) is 2.87. The number of amides is 1. The minimum absolute atomic E-state index is 0.0282. The van der Waals surface area contributed by atoms with Gasteiger partial charge in [0, 0.05) is 6.07 Å². The number of nitrogens with zero attached hydrogens (tertiary/aromatic N) is 4. The number of esters is 1. The summed E-state index contributed by atoms with van der Waals surface area (Å²) in [5.74, 6) is 0.0161. The van der Waals surface area contributed by atoms with Gasteiger partial charge in [-0.05, 0) is 48.9 Å². The van der Waals surface area contributed by atoms with Gasteiger partial charge in [0.05, 0.1) is 28.5 Å². The van der Waals surface area contributed by atoms with Gasteiger partial charge in [-0.2, -0.15) is 4.68 Å². The molecule has 13 heteroatoms. The third-order valence-electron chi connectivity index (χ3n) is 4.57. The summed E-state index contributed by atoms with van der Waals surface area (Å²) >= 11 is 2.16. The van der Waals surface area contributed by atoms with Crippen molar-refractivity contribution in [1.82, 2.24) is 20.2 Å². The summed E-state index contributed by atoms with van der Waals surface area (Å²) in [5, 5.41) is 15.0. The lowest BCUT2D eigenvalue weighted by atomic mass is 10.1. The van der Waals surface area contributed by atoms with E-state index in [0.717, 1.165) is 23.1 Å². The molecule has 1 N–H and O–H groups in total. The summed E-state index contributed by atoms with van der Waals surface area (Å²) in [6, 6.07) is 5.27. The van der Waals surface area contributed by atoms with Crippen molar-refractivity contribution in [2.45, 2.75) is 25.9 Å². The Bertz CT molecular complexity index is 1240. The van der Waals surface area contributed by atoms with Crippen molar-refractivity contribution < 1.29 is 28.6 Å². The van der Waals surface area contributed by atoms with Crippen LogP contribution in [-0.2, 0) is 9.53 Å². The summed E-state index contributed by atoms with van der Waals surface area (Å²) in [6.07, 6.45) is 0. The molecular weight excluding hydrogens is 470 g/mol. The predicted molar refractivity (Wildman–Crippen MR) is 120 cm³/mol. The maximum atomic E-state index is 12.7. The largest absolute Gasteiger partial charge is 0.462 e. The first-order chi connectivity index (χ1) is 15.9. The zero-order valence-electron chi connectivity index (χ0n) is 17.9. The maximum absolute atomic E-state index is 12.7. The Morgan fingerprint density at radius 2 is 2.06 bits per heavy atom. The molecule has 4 rings (SSSR count). The average Bonchev–Trinajstić information content (AvgIpc) is 3.50. The Labute approximate surface area is 196 Å². The number of ketones is 1. The third kappa shape index (κ3) is 4.68. The molecule has 1 amide bonds. The Hall–Kier alpha value is -3.45. The number of nitrogens with one attached hydrogen (secondary N) is 1. The molecule has 0 radical (unpaired) electrons. The molecule has 0 spiro atoms. The molecule has 2 aromatic heterocycles. The van der Waals surface area contributed by atoms with Crippen LogP contribution in [0.25, 0.3) is 5.69 Å². The minimum Gasteiger partial charge on any atom is -0.462 e. The number of carbonyl (C=O) groups is 3. The van der Waals surface area contributed by atoms with Crippen molar-refractivity contribution in [2.24, 2.45) is 0 Å². The molecule has 3 aromatic rings. The standard InChI is InChI=1S/C20H19N5O6S2/c1-4-29-19(28)16-10(2)17(11(3)26)33-18(16)21-15(27)8-32-20-22-23-24-25(20)12-5-6-13-14(7-12)31-9-30-13/h5-7H,4,8-9H2,1-3H3,(H,21,27). The number of fused-ring (bicyclic) bond motifs is 1. The molecule has 0 atom stereocenters. The molecule has 3 heterocycles. The van der Waals surface area contributed by atoms with Gasteiger partial charge >= 0.3 is 5.97 Å². The highest BCUT2D eigenvalue weighted by atomic mass is 32.2. The lowest BCUT2D eigenvalue weighted by molar-refractivity contribution is -0.113. The fraction of sp³-hybridized carbons (Fsp3) is 0.300. The third-order valence-corrected chi connectivity index (χ3v) is 6.80. The average molecular weight is 490 g/mol. The summed E-state index contributed by atoms with van der Waals surface area (Å²) in [5.41, 5.74) is 1.33. The van der Waals surface area contributed by atoms with E-state index in [1.165, 1.54) is 11.6 Å². The molecule has 172 valence electrons. The van der Waals surface area contributed by atoms with E-state index in [-0.39, 0.29) is 41.4 Å². The van der Waals surface area contributed by atoms with Crippen LogP contribution < -0.4 is 14.8 Å². The van der Waals surface area contributed by atoms with Gasteiger partial charge in [0.2, 0.25) is 17.9 Å². The van der Waals surface area contributed by atoms with Gasteiger partial charge in [0.25, 0.3) is 0 Å². The van der Waals surface area contributed by atoms with Gasteiger partial charge in [0.1, 0.15) is 5.00 Å². The van der Waals surface area contributed by atoms with Gasteiger partial charge < -0.3 is 19.5 Å². The Morgan fingerprint density at radius 3 is 2.82 bits per heavy atom. The van der Waals surface area contributed by atoms with Crippen LogP contribution in [0.5, 0.6) is 11.5 Å². The molecule has 0 aliphatic carbocycles. The van der Waals surface area contributed by atoms with Crippen LogP contribution in [0.15, 0.2) is 23.4 Å². The van der Waals surface area contributed by atoms with Gasteiger partial charge in [-0.3, -0.25) is 9.59 Å². The molecule has 0 fully saturated rings. The lowest BCUT2D eigenvalue weighted by Gasteiger charge is -2.07. The number of thiophene rings is 1. The number of rotatable bonds is 8. The van der Waals surface area contributed by atoms with Crippen molar-refractivity contribution in [3.8, 4) is 17.2 Å². The molecular formula is C20H19N5O6S2. The second kappa shape index (κ2) is 9.58. The van der Waals surface area contributed by atoms with Crippen molar-refractivity contribution >= 4 is 45.8 Å². The van der Waals surface area contributed by atoms with Gasteiger partial charge in [-0.25, -0.2) is 4.79 Å². The number of aromatic nitrogens is 4. The van der Waals surface area contributed by atoms with E-state index in [1.807, 2.05) is 0 Å². The van der Waals surface area contributed by atoms with Gasteiger partial charge in [-0.1, -0.05) is 11.8 Å². The monoisotopic (exact) mass is 489 g/mol. The van der Waals surface area contributed by atoms with Crippen LogP contribution in [0.4, 0.5) is 5.00 Å². The number of tetrazole rings is 1. The van der Waals surface area contributed by atoms with Crippen LogP contribution in [0.3, 0.4) is 0 Å². The molecule has 0 saturated carbocycles. The zero-order chi connectivity index (χ0) is 23.5. The number of carbonyl (C=O) groups excluding carboxylic acids is 3. The zero-order valence-corrected chi connectivity index (χ0v) is 19.5. The fourth-order valence-corrected chi connectivity index (χ4v) is 4.92. The number of hydrogen-bond acceptors (Lipinski definition) is 11. The lowest BCUT2D eigenvalue weighted by Crippen LogP contribution is -2.17. The first-order valence-corrected chi connectivity index (χ1v) is 11.6. The minimum atomic E-state index is -0.589. The fourth-order valence-electron chi connectivity index (χ4n) is 3.13. The highest BCUT2D eigenvalue weighted by molar-refractivity contribution is 7.99. The molecule has 33 heavy (non-hydrogen) atoms. The number of ether oxygens (including phenoxy) is 3. The topological polar surface area (TPSA) is 135 Å². The number of thioether (sulfide) groups is 1. The molecule has 1 aliphatic heterocycles. The number of anilines is 1. The second-order valence-corrected chi connectivity index (χ2v) is 8.75. The van der Waals surface area contributed by atoms with Crippen LogP contribution >= 0.6 is 23.1 Å². The number of Topliss-reactive ketones (excluding diaryl/α,β-unsaturated/α-hetero) is 1. The van der Waals surface area contributed by atoms with Gasteiger partial charge in [-0.15, -0.1) is 16.4 Å². The van der Waals surface area contributed by atoms with Crippen molar-refractivity contribution in [2.75, 3.05) is 24.5 Å². The maximum Gasteiger partial charge on any atom is 0.341 e.